The van der Waals surface area contributed by atoms with Crippen molar-refractivity contribution in [3.63, 3.8) is 0 Å². The Kier molecular flexibility index (Phi) is 6.23. The number of carbonyl (C=O) groups is 1. The summed E-state index contributed by atoms with van der Waals surface area (Å²) in [6.45, 7) is 12.7. The van der Waals surface area contributed by atoms with Crippen molar-refractivity contribution >= 4 is 11.6 Å². The van der Waals surface area contributed by atoms with Gasteiger partial charge in [0.1, 0.15) is 0 Å². The Labute approximate surface area is 141 Å². The number of rotatable bonds is 5. The third-order valence-electron chi connectivity index (χ3n) is 4.84. The molecule has 0 unspecified atom stereocenters. The normalized spacial score (nSPS) is 19.1. The molecule has 128 valence electrons. The summed E-state index contributed by atoms with van der Waals surface area (Å²) in [5, 5.41) is 0. The highest BCUT2D eigenvalue weighted by Gasteiger charge is 2.34. The number of benzene rings is 1. The van der Waals surface area contributed by atoms with E-state index in [0.29, 0.717) is 0 Å². The predicted molar refractivity (Wildman–Crippen MR) is 98.0 cm³/mol. The van der Waals surface area contributed by atoms with E-state index in [1.165, 1.54) is 17.5 Å². The average Bonchev–Trinajstić information content (AvgIpc) is 2.51. The topological polar surface area (TPSA) is 23.6 Å². The Morgan fingerprint density at radius 1 is 1.26 bits per heavy atom. The molecule has 1 atom stereocenters. The molecule has 0 N–H and O–H groups in total. The maximum atomic E-state index is 13.4. The van der Waals surface area contributed by atoms with Crippen LogP contribution in [-0.2, 0) is 4.79 Å². The highest BCUT2D eigenvalue weighted by molar-refractivity contribution is 5.99. The Morgan fingerprint density at radius 3 is 2.48 bits per heavy atom. The van der Waals surface area contributed by atoms with Crippen molar-refractivity contribution in [2.45, 2.75) is 72.4 Å². The first-order valence-corrected chi connectivity index (χ1v) is 9.10. The monoisotopic (exact) mass is 316 g/mol. The zero-order chi connectivity index (χ0) is 17.0. The van der Waals surface area contributed by atoms with Gasteiger partial charge in [-0.1, -0.05) is 31.5 Å². The standard InChI is InChI=1S/C20H32N2O/c1-6-13-21-14-8-7-12-18(21)20(23)22(15(2)3)19-16(4)10-9-11-17(19)5/h9-11,15,18H,6-8,12-14H2,1-5H3/t18-/m0/s1. The summed E-state index contributed by atoms with van der Waals surface area (Å²) in [6, 6.07) is 6.50. The van der Waals surface area contributed by atoms with Gasteiger partial charge in [0.2, 0.25) is 5.91 Å². The van der Waals surface area contributed by atoms with Crippen molar-refractivity contribution in [3.05, 3.63) is 29.3 Å². The zero-order valence-electron chi connectivity index (χ0n) is 15.4. The van der Waals surface area contributed by atoms with Crippen LogP contribution in [0.25, 0.3) is 0 Å². The van der Waals surface area contributed by atoms with Gasteiger partial charge in [-0.2, -0.15) is 0 Å². The fraction of sp³-hybridized carbons (Fsp3) is 0.650. The number of para-hydroxylation sites is 1. The van der Waals surface area contributed by atoms with E-state index >= 15 is 0 Å². The van der Waals surface area contributed by atoms with Crippen LogP contribution in [0.4, 0.5) is 5.69 Å². The van der Waals surface area contributed by atoms with Crippen molar-refractivity contribution in [2.75, 3.05) is 18.0 Å². The van der Waals surface area contributed by atoms with Crippen LogP contribution < -0.4 is 4.90 Å². The molecule has 1 aliphatic rings. The smallest absolute Gasteiger partial charge is 0.244 e. The highest BCUT2D eigenvalue weighted by atomic mass is 16.2. The van der Waals surface area contributed by atoms with E-state index < -0.39 is 0 Å². The molecular weight excluding hydrogens is 284 g/mol. The van der Waals surface area contributed by atoms with Gasteiger partial charge in [0.25, 0.3) is 0 Å². The number of hydrogen-bond donors (Lipinski definition) is 0. The molecule has 0 bridgehead atoms. The van der Waals surface area contributed by atoms with E-state index in [-0.39, 0.29) is 18.0 Å². The molecule has 0 aliphatic carbocycles. The lowest BCUT2D eigenvalue weighted by atomic mass is 9.98. The van der Waals surface area contributed by atoms with Crippen LogP contribution in [0.15, 0.2) is 18.2 Å². The number of carbonyl (C=O) groups excluding carboxylic acids is 1. The Bertz CT molecular complexity index is 516. The lowest BCUT2D eigenvalue weighted by Crippen LogP contribution is -2.53. The first-order valence-electron chi connectivity index (χ1n) is 9.10. The van der Waals surface area contributed by atoms with Crippen molar-refractivity contribution in [2.24, 2.45) is 0 Å². The maximum absolute atomic E-state index is 13.4. The van der Waals surface area contributed by atoms with Crippen molar-refractivity contribution < 1.29 is 4.79 Å². The molecule has 0 aromatic heterocycles. The zero-order valence-corrected chi connectivity index (χ0v) is 15.4. The second-order valence-corrected chi connectivity index (χ2v) is 7.09. The molecular formula is C20H32N2O. The van der Waals surface area contributed by atoms with E-state index in [4.69, 9.17) is 0 Å². The molecule has 3 heteroatoms. The third-order valence-corrected chi connectivity index (χ3v) is 4.84. The molecule has 0 radical (unpaired) electrons. The fourth-order valence-electron chi connectivity index (χ4n) is 3.79. The summed E-state index contributed by atoms with van der Waals surface area (Å²) < 4.78 is 0. The van der Waals surface area contributed by atoms with E-state index in [0.717, 1.165) is 38.0 Å². The lowest BCUT2D eigenvalue weighted by Gasteiger charge is -2.39. The molecule has 0 spiro atoms. The molecule has 1 aromatic carbocycles. The summed E-state index contributed by atoms with van der Waals surface area (Å²) in [7, 11) is 0. The van der Waals surface area contributed by atoms with Crippen LogP contribution in [0.3, 0.4) is 0 Å². The second-order valence-electron chi connectivity index (χ2n) is 7.09. The minimum atomic E-state index is 0.0464. The largest absolute Gasteiger partial charge is 0.308 e. The number of aryl methyl sites for hydroxylation is 2. The molecule has 1 aromatic rings. The molecule has 1 heterocycles. The number of likely N-dealkylation sites (tertiary alicyclic amines) is 1. The van der Waals surface area contributed by atoms with Crippen LogP contribution in [0.5, 0.6) is 0 Å². The molecule has 1 aliphatic heterocycles. The van der Waals surface area contributed by atoms with Gasteiger partial charge in [-0.05, 0) is 71.2 Å². The van der Waals surface area contributed by atoms with Gasteiger partial charge in [0, 0.05) is 11.7 Å². The number of hydrogen-bond acceptors (Lipinski definition) is 2. The van der Waals surface area contributed by atoms with Gasteiger partial charge < -0.3 is 4.90 Å². The summed E-state index contributed by atoms with van der Waals surface area (Å²) >= 11 is 0. The maximum Gasteiger partial charge on any atom is 0.244 e. The third kappa shape index (κ3) is 3.95. The number of anilines is 1. The molecule has 3 nitrogen and oxygen atoms in total. The van der Waals surface area contributed by atoms with Gasteiger partial charge in [-0.3, -0.25) is 9.69 Å². The summed E-state index contributed by atoms with van der Waals surface area (Å²) in [6.07, 6.45) is 4.48. The minimum Gasteiger partial charge on any atom is -0.308 e. The highest BCUT2D eigenvalue weighted by Crippen LogP contribution is 2.29. The molecule has 1 fully saturated rings. The first kappa shape index (κ1) is 18.0. The molecule has 2 rings (SSSR count). The Morgan fingerprint density at radius 2 is 1.91 bits per heavy atom. The molecule has 1 saturated heterocycles. The van der Waals surface area contributed by atoms with Crippen LogP contribution in [0.2, 0.25) is 0 Å². The SMILES string of the molecule is CCCN1CCCC[C@H]1C(=O)N(c1c(C)cccc1C)C(C)C. The van der Waals surface area contributed by atoms with Crippen LogP contribution in [0.1, 0.15) is 57.6 Å². The first-order chi connectivity index (χ1) is 11.0. The van der Waals surface area contributed by atoms with Crippen LogP contribution in [0, 0.1) is 13.8 Å². The van der Waals surface area contributed by atoms with E-state index in [1.807, 2.05) is 4.90 Å². The Balaban J connectivity index is 2.35. The predicted octanol–water partition coefficient (Wildman–Crippen LogP) is 4.31. The lowest BCUT2D eigenvalue weighted by molar-refractivity contribution is -0.125. The number of nitrogens with zero attached hydrogens (tertiary/aromatic N) is 2. The fourth-order valence-corrected chi connectivity index (χ4v) is 3.79. The number of amides is 1. The van der Waals surface area contributed by atoms with Gasteiger partial charge in [0.15, 0.2) is 0 Å². The van der Waals surface area contributed by atoms with Gasteiger partial charge in [-0.15, -0.1) is 0 Å². The van der Waals surface area contributed by atoms with Gasteiger partial charge in [0.05, 0.1) is 6.04 Å². The van der Waals surface area contributed by atoms with Crippen molar-refractivity contribution in [1.29, 1.82) is 0 Å². The number of piperidine rings is 1. The van der Waals surface area contributed by atoms with Crippen molar-refractivity contribution in [1.82, 2.24) is 4.90 Å². The minimum absolute atomic E-state index is 0.0464. The van der Waals surface area contributed by atoms with Gasteiger partial charge >= 0.3 is 0 Å². The molecule has 1 amide bonds. The molecule has 23 heavy (non-hydrogen) atoms. The molecule has 0 saturated carbocycles. The summed E-state index contributed by atoms with van der Waals surface area (Å²) in [5.41, 5.74) is 3.48. The second kappa shape index (κ2) is 7.96. The Hall–Kier alpha value is -1.35. The van der Waals surface area contributed by atoms with Crippen molar-refractivity contribution in [3.8, 4) is 0 Å². The van der Waals surface area contributed by atoms with E-state index in [9.17, 15) is 4.79 Å². The van der Waals surface area contributed by atoms with E-state index in [2.05, 4.69) is 57.7 Å². The van der Waals surface area contributed by atoms with Crippen LogP contribution >= 0.6 is 0 Å². The summed E-state index contributed by atoms with van der Waals surface area (Å²) in [4.78, 5) is 17.9. The van der Waals surface area contributed by atoms with Crippen LogP contribution in [-0.4, -0.2) is 36.0 Å². The quantitative estimate of drug-likeness (QED) is 0.808. The summed E-state index contributed by atoms with van der Waals surface area (Å²) in [5.74, 6) is 0.283. The van der Waals surface area contributed by atoms with Gasteiger partial charge in [-0.25, -0.2) is 0 Å². The van der Waals surface area contributed by atoms with E-state index in [1.54, 1.807) is 0 Å². The average molecular weight is 316 g/mol.